The van der Waals surface area contributed by atoms with Crippen molar-refractivity contribution in [2.45, 2.75) is 40.2 Å². The fraction of sp³-hybridized carbons (Fsp3) is 0.500. The zero-order valence-corrected chi connectivity index (χ0v) is 10.9. The first kappa shape index (κ1) is 13.6. The number of carbonyl (C=O) groups is 1. The summed E-state index contributed by atoms with van der Waals surface area (Å²) < 4.78 is 5.56. The summed E-state index contributed by atoms with van der Waals surface area (Å²) in [5.41, 5.74) is 1.30. The molecule has 0 atom stereocenters. The molecule has 0 aliphatic heterocycles. The van der Waals surface area contributed by atoms with Crippen LogP contribution in [-0.4, -0.2) is 17.2 Å². The quantitative estimate of drug-likeness (QED) is 0.852. The highest BCUT2D eigenvalue weighted by molar-refractivity contribution is 5.88. The molecule has 0 fully saturated rings. The van der Waals surface area contributed by atoms with Crippen molar-refractivity contribution in [3.05, 3.63) is 29.3 Å². The van der Waals surface area contributed by atoms with Gasteiger partial charge >= 0.3 is 5.97 Å². The largest absolute Gasteiger partial charge is 0.491 e. The molecule has 0 aliphatic carbocycles. The second-order valence-electron chi connectivity index (χ2n) is 4.94. The average molecular weight is 236 g/mol. The lowest BCUT2D eigenvalue weighted by molar-refractivity contribution is 0.0696. The summed E-state index contributed by atoms with van der Waals surface area (Å²) in [7, 11) is 0. The van der Waals surface area contributed by atoms with Gasteiger partial charge in [0.1, 0.15) is 5.75 Å². The van der Waals surface area contributed by atoms with Gasteiger partial charge in [0.15, 0.2) is 0 Å². The molecule has 0 bridgehead atoms. The van der Waals surface area contributed by atoms with E-state index in [2.05, 4.69) is 13.8 Å². The van der Waals surface area contributed by atoms with Crippen LogP contribution < -0.4 is 4.74 Å². The van der Waals surface area contributed by atoms with Gasteiger partial charge < -0.3 is 9.84 Å². The van der Waals surface area contributed by atoms with Gasteiger partial charge in [-0.15, -0.1) is 0 Å². The number of aromatic carboxylic acids is 1. The summed E-state index contributed by atoms with van der Waals surface area (Å²) in [6.07, 6.45) is 0.904. The Morgan fingerprint density at radius 1 is 1.24 bits per heavy atom. The van der Waals surface area contributed by atoms with E-state index in [-0.39, 0.29) is 6.10 Å². The maximum atomic E-state index is 11.0. The van der Waals surface area contributed by atoms with Crippen LogP contribution in [0.4, 0.5) is 0 Å². The number of hydrogen-bond acceptors (Lipinski definition) is 2. The number of benzene rings is 1. The Kier molecular flexibility index (Phi) is 4.55. The zero-order valence-electron chi connectivity index (χ0n) is 10.9. The van der Waals surface area contributed by atoms with Crippen LogP contribution in [0.2, 0.25) is 0 Å². The summed E-state index contributed by atoms with van der Waals surface area (Å²) >= 11 is 0. The average Bonchev–Trinajstić information content (AvgIpc) is 2.14. The Morgan fingerprint density at radius 2 is 1.88 bits per heavy atom. The van der Waals surface area contributed by atoms with Gasteiger partial charge in [-0.3, -0.25) is 0 Å². The standard InChI is InChI=1S/C14H20O3/c1-9(2)5-11-6-12(14(15)16)8-13(7-11)17-10(3)4/h6-10H,5H2,1-4H3,(H,15,16). The van der Waals surface area contributed by atoms with Crippen molar-refractivity contribution in [1.29, 1.82) is 0 Å². The van der Waals surface area contributed by atoms with Crippen LogP contribution in [0.25, 0.3) is 0 Å². The van der Waals surface area contributed by atoms with E-state index in [1.165, 1.54) is 0 Å². The molecular formula is C14H20O3. The molecule has 0 saturated carbocycles. The fourth-order valence-electron chi connectivity index (χ4n) is 1.71. The SMILES string of the molecule is CC(C)Cc1cc(OC(C)C)cc(C(=O)O)c1. The maximum absolute atomic E-state index is 11.0. The monoisotopic (exact) mass is 236 g/mol. The molecule has 17 heavy (non-hydrogen) atoms. The molecule has 1 N–H and O–H groups in total. The fourth-order valence-corrected chi connectivity index (χ4v) is 1.71. The topological polar surface area (TPSA) is 46.5 Å². The minimum absolute atomic E-state index is 0.0472. The van der Waals surface area contributed by atoms with Gasteiger partial charge in [0.2, 0.25) is 0 Å². The van der Waals surface area contributed by atoms with Crippen LogP contribution in [-0.2, 0) is 6.42 Å². The second-order valence-corrected chi connectivity index (χ2v) is 4.94. The number of ether oxygens (including phenoxy) is 1. The van der Waals surface area contributed by atoms with Crippen LogP contribution in [0.3, 0.4) is 0 Å². The Morgan fingerprint density at radius 3 is 2.35 bits per heavy atom. The zero-order chi connectivity index (χ0) is 13.0. The van der Waals surface area contributed by atoms with Crippen molar-refractivity contribution >= 4 is 5.97 Å². The molecule has 0 aromatic heterocycles. The Bertz CT molecular complexity index is 366. The third-order valence-electron chi connectivity index (χ3n) is 2.23. The van der Waals surface area contributed by atoms with Crippen molar-refractivity contribution in [1.82, 2.24) is 0 Å². The Hall–Kier alpha value is -1.51. The van der Waals surface area contributed by atoms with E-state index in [1.807, 2.05) is 19.9 Å². The summed E-state index contributed by atoms with van der Waals surface area (Å²) in [4.78, 5) is 11.0. The van der Waals surface area contributed by atoms with E-state index < -0.39 is 5.97 Å². The van der Waals surface area contributed by atoms with Gasteiger partial charge in [-0.05, 0) is 49.9 Å². The van der Waals surface area contributed by atoms with Gasteiger partial charge in [-0.1, -0.05) is 13.8 Å². The van der Waals surface area contributed by atoms with E-state index in [1.54, 1.807) is 12.1 Å². The lowest BCUT2D eigenvalue weighted by Crippen LogP contribution is -2.08. The molecule has 0 saturated heterocycles. The van der Waals surface area contributed by atoms with Gasteiger partial charge in [0.25, 0.3) is 0 Å². The molecule has 0 heterocycles. The van der Waals surface area contributed by atoms with E-state index in [0.29, 0.717) is 17.2 Å². The van der Waals surface area contributed by atoms with Gasteiger partial charge in [0, 0.05) is 0 Å². The van der Waals surface area contributed by atoms with Crippen LogP contribution in [0.5, 0.6) is 5.75 Å². The van der Waals surface area contributed by atoms with E-state index in [9.17, 15) is 4.79 Å². The van der Waals surface area contributed by atoms with Crippen molar-refractivity contribution in [2.75, 3.05) is 0 Å². The molecule has 0 amide bonds. The first-order chi connectivity index (χ1) is 7.88. The van der Waals surface area contributed by atoms with Crippen molar-refractivity contribution in [3.63, 3.8) is 0 Å². The lowest BCUT2D eigenvalue weighted by Gasteiger charge is -2.13. The predicted octanol–water partition coefficient (Wildman–Crippen LogP) is 3.37. The Balaban J connectivity index is 3.04. The molecule has 0 aliphatic rings. The van der Waals surface area contributed by atoms with E-state index in [4.69, 9.17) is 9.84 Å². The van der Waals surface area contributed by atoms with Crippen LogP contribution >= 0.6 is 0 Å². The molecule has 1 aromatic carbocycles. The van der Waals surface area contributed by atoms with Crippen LogP contribution in [0.15, 0.2) is 18.2 Å². The first-order valence-electron chi connectivity index (χ1n) is 5.92. The molecular weight excluding hydrogens is 216 g/mol. The minimum Gasteiger partial charge on any atom is -0.491 e. The molecule has 1 aromatic rings. The predicted molar refractivity (Wildman–Crippen MR) is 67.7 cm³/mol. The molecule has 3 nitrogen and oxygen atoms in total. The highest BCUT2D eigenvalue weighted by Crippen LogP contribution is 2.21. The van der Waals surface area contributed by atoms with Crippen molar-refractivity contribution in [2.24, 2.45) is 5.92 Å². The van der Waals surface area contributed by atoms with Crippen LogP contribution in [0.1, 0.15) is 43.6 Å². The number of carboxylic acids is 1. The molecule has 0 radical (unpaired) electrons. The van der Waals surface area contributed by atoms with E-state index >= 15 is 0 Å². The van der Waals surface area contributed by atoms with Gasteiger partial charge in [0.05, 0.1) is 11.7 Å². The molecule has 3 heteroatoms. The third-order valence-corrected chi connectivity index (χ3v) is 2.23. The molecule has 94 valence electrons. The highest BCUT2D eigenvalue weighted by Gasteiger charge is 2.09. The highest BCUT2D eigenvalue weighted by atomic mass is 16.5. The van der Waals surface area contributed by atoms with Gasteiger partial charge in [-0.25, -0.2) is 4.79 Å². The molecule has 0 unspecified atom stereocenters. The number of rotatable bonds is 5. The van der Waals surface area contributed by atoms with Crippen LogP contribution in [0, 0.1) is 5.92 Å². The minimum atomic E-state index is -0.913. The number of carboxylic acid groups (broad SMARTS) is 1. The molecule has 1 rings (SSSR count). The number of hydrogen-bond donors (Lipinski definition) is 1. The maximum Gasteiger partial charge on any atom is 0.335 e. The summed E-state index contributed by atoms with van der Waals surface area (Å²) in [6.45, 7) is 8.07. The Labute approximate surface area is 102 Å². The lowest BCUT2D eigenvalue weighted by atomic mass is 10.0. The summed E-state index contributed by atoms with van der Waals surface area (Å²) in [6, 6.07) is 5.22. The van der Waals surface area contributed by atoms with E-state index in [0.717, 1.165) is 12.0 Å². The molecule has 0 spiro atoms. The second kappa shape index (κ2) is 5.71. The van der Waals surface area contributed by atoms with Crippen molar-refractivity contribution < 1.29 is 14.6 Å². The third kappa shape index (κ3) is 4.47. The summed E-state index contributed by atoms with van der Waals surface area (Å²) in [5.74, 6) is 0.214. The summed E-state index contributed by atoms with van der Waals surface area (Å²) in [5, 5.41) is 9.05. The normalized spacial score (nSPS) is 10.9. The van der Waals surface area contributed by atoms with Gasteiger partial charge in [-0.2, -0.15) is 0 Å². The van der Waals surface area contributed by atoms with Crippen molar-refractivity contribution in [3.8, 4) is 5.75 Å². The smallest absolute Gasteiger partial charge is 0.335 e. The first-order valence-corrected chi connectivity index (χ1v) is 5.92.